The van der Waals surface area contributed by atoms with Gasteiger partial charge in [0.2, 0.25) is 5.91 Å². The van der Waals surface area contributed by atoms with Crippen molar-refractivity contribution in [1.29, 1.82) is 0 Å². The van der Waals surface area contributed by atoms with Crippen LogP contribution in [0.15, 0.2) is 18.2 Å². The van der Waals surface area contributed by atoms with E-state index >= 15 is 0 Å². The van der Waals surface area contributed by atoms with Crippen molar-refractivity contribution in [2.45, 2.75) is 52.1 Å². The number of halogens is 2. The minimum Gasteiger partial charge on any atom is -0.462 e. The molecule has 1 aliphatic rings. The van der Waals surface area contributed by atoms with Crippen LogP contribution in [0.1, 0.15) is 46.0 Å². The third-order valence-corrected chi connectivity index (χ3v) is 4.61. The van der Waals surface area contributed by atoms with Gasteiger partial charge < -0.3 is 10.1 Å². The SMILES string of the molecule is C[C@@H]1CC[C@@H](OC(=O)CCC(=O)Nc2ccc(F)cc2F)C[C@H]1C. The van der Waals surface area contributed by atoms with Gasteiger partial charge in [-0.15, -0.1) is 0 Å². The Morgan fingerprint density at radius 1 is 1.17 bits per heavy atom. The first-order valence-corrected chi connectivity index (χ1v) is 8.29. The Kier molecular flexibility index (Phi) is 6.29. The van der Waals surface area contributed by atoms with Gasteiger partial charge in [-0.3, -0.25) is 9.59 Å². The molecule has 0 spiro atoms. The van der Waals surface area contributed by atoms with E-state index in [1.165, 1.54) is 0 Å². The Bertz CT molecular complexity index is 606. The fourth-order valence-electron chi connectivity index (χ4n) is 2.87. The number of hydrogen-bond donors (Lipinski definition) is 1. The summed E-state index contributed by atoms with van der Waals surface area (Å²) in [5, 5.41) is 2.32. The fraction of sp³-hybridized carbons (Fsp3) is 0.556. The van der Waals surface area contributed by atoms with Crippen molar-refractivity contribution >= 4 is 17.6 Å². The van der Waals surface area contributed by atoms with Gasteiger partial charge in [0.25, 0.3) is 0 Å². The van der Waals surface area contributed by atoms with Crippen molar-refractivity contribution in [2.24, 2.45) is 11.8 Å². The summed E-state index contributed by atoms with van der Waals surface area (Å²) >= 11 is 0. The van der Waals surface area contributed by atoms with Crippen LogP contribution in [0.25, 0.3) is 0 Å². The zero-order valence-electron chi connectivity index (χ0n) is 14.0. The van der Waals surface area contributed by atoms with Crippen molar-refractivity contribution in [3.05, 3.63) is 29.8 Å². The van der Waals surface area contributed by atoms with E-state index in [1.54, 1.807) is 0 Å². The molecular formula is C18H23F2NO3. The van der Waals surface area contributed by atoms with Crippen molar-refractivity contribution < 1.29 is 23.1 Å². The van der Waals surface area contributed by atoms with E-state index < -0.39 is 23.5 Å². The third kappa shape index (κ3) is 5.28. The molecule has 132 valence electrons. The highest BCUT2D eigenvalue weighted by Crippen LogP contribution is 2.31. The molecule has 6 heteroatoms. The first kappa shape index (κ1) is 18.4. The van der Waals surface area contributed by atoms with E-state index in [1.807, 2.05) is 0 Å². The lowest BCUT2D eigenvalue weighted by atomic mass is 9.80. The van der Waals surface area contributed by atoms with Crippen LogP contribution in [0.4, 0.5) is 14.5 Å². The zero-order valence-corrected chi connectivity index (χ0v) is 14.0. The maximum absolute atomic E-state index is 13.4. The second-order valence-electron chi connectivity index (χ2n) is 6.55. The number of rotatable bonds is 5. The standard InChI is InChI=1S/C18H23F2NO3/c1-11-3-5-14(9-12(11)2)24-18(23)8-7-17(22)21-16-6-4-13(19)10-15(16)20/h4,6,10-12,14H,3,5,7-9H2,1-2H3,(H,21,22)/t11-,12-,14-/m1/s1. The third-order valence-electron chi connectivity index (χ3n) is 4.61. The second kappa shape index (κ2) is 8.22. The van der Waals surface area contributed by atoms with Crippen LogP contribution in [-0.2, 0) is 14.3 Å². The van der Waals surface area contributed by atoms with E-state index in [9.17, 15) is 18.4 Å². The Balaban J connectivity index is 1.74. The Morgan fingerprint density at radius 3 is 2.58 bits per heavy atom. The van der Waals surface area contributed by atoms with Crippen molar-refractivity contribution in [2.75, 3.05) is 5.32 Å². The van der Waals surface area contributed by atoms with Gasteiger partial charge in [-0.25, -0.2) is 8.78 Å². The van der Waals surface area contributed by atoms with Gasteiger partial charge >= 0.3 is 5.97 Å². The second-order valence-corrected chi connectivity index (χ2v) is 6.55. The van der Waals surface area contributed by atoms with Crippen molar-refractivity contribution in [3.8, 4) is 0 Å². The molecule has 0 saturated heterocycles. The summed E-state index contributed by atoms with van der Waals surface area (Å²) in [5.74, 6) is -1.35. The van der Waals surface area contributed by atoms with Crippen LogP contribution in [0.5, 0.6) is 0 Å². The highest BCUT2D eigenvalue weighted by atomic mass is 19.1. The molecule has 1 aromatic carbocycles. The molecule has 0 radical (unpaired) electrons. The molecule has 2 rings (SSSR count). The molecule has 24 heavy (non-hydrogen) atoms. The monoisotopic (exact) mass is 339 g/mol. The van der Waals surface area contributed by atoms with Crippen LogP contribution in [0, 0.1) is 23.5 Å². The molecule has 0 unspecified atom stereocenters. The summed E-state index contributed by atoms with van der Waals surface area (Å²) < 4.78 is 31.6. The van der Waals surface area contributed by atoms with Crippen molar-refractivity contribution in [1.82, 2.24) is 0 Å². The van der Waals surface area contributed by atoms with Crippen LogP contribution in [0.3, 0.4) is 0 Å². The van der Waals surface area contributed by atoms with Crippen LogP contribution in [-0.4, -0.2) is 18.0 Å². The van der Waals surface area contributed by atoms with Gasteiger partial charge in [0, 0.05) is 12.5 Å². The normalized spacial score (nSPS) is 23.6. The molecule has 1 amide bonds. The summed E-state index contributed by atoms with van der Waals surface area (Å²) in [6, 6.07) is 2.89. The highest BCUT2D eigenvalue weighted by molar-refractivity contribution is 5.92. The number of anilines is 1. The number of amides is 1. The maximum atomic E-state index is 13.4. The predicted molar refractivity (Wildman–Crippen MR) is 86.3 cm³/mol. The van der Waals surface area contributed by atoms with E-state index in [0.717, 1.165) is 31.4 Å². The molecule has 0 aliphatic heterocycles. The average molecular weight is 339 g/mol. The summed E-state index contributed by atoms with van der Waals surface area (Å²) in [7, 11) is 0. The number of benzene rings is 1. The van der Waals surface area contributed by atoms with Crippen LogP contribution in [0.2, 0.25) is 0 Å². The number of carbonyl (C=O) groups is 2. The van der Waals surface area contributed by atoms with Crippen LogP contribution >= 0.6 is 0 Å². The highest BCUT2D eigenvalue weighted by Gasteiger charge is 2.27. The molecule has 0 bridgehead atoms. The van der Waals surface area contributed by atoms with Crippen LogP contribution < -0.4 is 5.32 Å². The summed E-state index contributed by atoms with van der Waals surface area (Å²) in [5.41, 5.74) is -0.107. The van der Waals surface area contributed by atoms with Gasteiger partial charge in [0.05, 0.1) is 12.1 Å². The lowest BCUT2D eigenvalue weighted by Crippen LogP contribution is -2.29. The zero-order chi connectivity index (χ0) is 17.7. The molecule has 4 nitrogen and oxygen atoms in total. The minimum atomic E-state index is -0.851. The fourth-order valence-corrected chi connectivity index (χ4v) is 2.87. The Morgan fingerprint density at radius 2 is 1.92 bits per heavy atom. The average Bonchev–Trinajstić information content (AvgIpc) is 2.52. The molecule has 3 atom stereocenters. The Labute approximate surface area is 140 Å². The molecule has 1 N–H and O–H groups in total. The van der Waals surface area contributed by atoms with E-state index in [2.05, 4.69) is 19.2 Å². The molecule has 0 aromatic heterocycles. The molecule has 1 fully saturated rings. The summed E-state index contributed by atoms with van der Waals surface area (Å²) in [4.78, 5) is 23.6. The number of esters is 1. The smallest absolute Gasteiger partial charge is 0.306 e. The minimum absolute atomic E-state index is 0.0604. The van der Waals surface area contributed by atoms with Gasteiger partial charge in [0.1, 0.15) is 17.7 Å². The van der Waals surface area contributed by atoms with E-state index in [0.29, 0.717) is 17.9 Å². The molecular weight excluding hydrogens is 316 g/mol. The number of hydrogen-bond acceptors (Lipinski definition) is 3. The number of carbonyl (C=O) groups excluding carboxylic acids is 2. The van der Waals surface area contributed by atoms with E-state index in [-0.39, 0.29) is 24.6 Å². The van der Waals surface area contributed by atoms with Gasteiger partial charge in [-0.2, -0.15) is 0 Å². The van der Waals surface area contributed by atoms with Gasteiger partial charge in [0.15, 0.2) is 0 Å². The van der Waals surface area contributed by atoms with Crippen molar-refractivity contribution in [3.63, 3.8) is 0 Å². The molecule has 1 saturated carbocycles. The lowest BCUT2D eigenvalue weighted by molar-refractivity contribution is -0.152. The Hall–Kier alpha value is -1.98. The predicted octanol–water partition coefficient (Wildman–Crippen LogP) is 4.05. The number of nitrogens with one attached hydrogen (secondary N) is 1. The first-order valence-electron chi connectivity index (χ1n) is 8.29. The first-order chi connectivity index (χ1) is 11.3. The molecule has 1 aromatic rings. The maximum Gasteiger partial charge on any atom is 0.306 e. The topological polar surface area (TPSA) is 55.4 Å². The van der Waals surface area contributed by atoms with E-state index in [4.69, 9.17) is 4.74 Å². The lowest BCUT2D eigenvalue weighted by Gasteiger charge is -2.31. The summed E-state index contributed by atoms with van der Waals surface area (Å²) in [6.45, 7) is 4.34. The molecule has 0 heterocycles. The largest absolute Gasteiger partial charge is 0.462 e. The van der Waals surface area contributed by atoms with Gasteiger partial charge in [-0.05, 0) is 43.2 Å². The number of ether oxygens (including phenoxy) is 1. The van der Waals surface area contributed by atoms with Gasteiger partial charge in [-0.1, -0.05) is 13.8 Å². The quantitative estimate of drug-likeness (QED) is 0.823. The molecule has 1 aliphatic carbocycles. The summed E-state index contributed by atoms with van der Waals surface area (Å²) in [6.07, 6.45) is 2.48.